The van der Waals surface area contributed by atoms with E-state index in [0.29, 0.717) is 13.1 Å². The summed E-state index contributed by atoms with van der Waals surface area (Å²) in [4.78, 5) is 11.6. The summed E-state index contributed by atoms with van der Waals surface area (Å²) in [6.45, 7) is 5.40. The molecule has 0 aromatic carbocycles. The number of nitrogens with two attached hydrogens (primary N) is 1. The van der Waals surface area contributed by atoms with Gasteiger partial charge in [0.25, 0.3) is 0 Å². The number of nitrogens with one attached hydrogen (secondary N) is 1. The number of unbranched alkanes of at least 4 members (excludes halogenated alkanes) is 3. The van der Waals surface area contributed by atoms with E-state index in [4.69, 9.17) is 5.73 Å². The zero-order chi connectivity index (χ0) is 11.5. The highest BCUT2D eigenvalue weighted by Crippen LogP contribution is 2.14. The van der Waals surface area contributed by atoms with Crippen LogP contribution < -0.4 is 11.1 Å². The van der Waals surface area contributed by atoms with E-state index in [-0.39, 0.29) is 16.5 Å². The molecule has 0 spiro atoms. The van der Waals surface area contributed by atoms with Crippen molar-refractivity contribution < 1.29 is 9.50 Å². The molecule has 0 saturated carbocycles. The van der Waals surface area contributed by atoms with Gasteiger partial charge in [-0.05, 0) is 12.8 Å². The minimum absolute atomic E-state index is 0. The monoisotopic (exact) mass is 234 g/mol. The van der Waals surface area contributed by atoms with Crippen molar-refractivity contribution in [1.82, 2.24) is 5.32 Å². The third-order valence-electron chi connectivity index (χ3n) is 2.71. The van der Waals surface area contributed by atoms with Crippen LogP contribution in [0, 0.1) is 5.92 Å². The highest BCUT2D eigenvalue weighted by atomic mass is 19.0. The first-order valence-corrected chi connectivity index (χ1v) is 6.24. The average molecular weight is 234 g/mol. The second-order valence-corrected chi connectivity index (χ2v) is 4.03. The third kappa shape index (κ3) is 8.65. The Hall–Kier alpha value is -0.640. The second-order valence-electron chi connectivity index (χ2n) is 4.03. The van der Waals surface area contributed by atoms with E-state index in [1.807, 2.05) is 0 Å². The molecule has 0 aliphatic carbocycles. The number of carbonyl (C=O) groups excluding carboxylic acids is 1. The van der Waals surface area contributed by atoms with E-state index in [1.165, 1.54) is 25.7 Å². The minimum atomic E-state index is 0. The molecular weight excluding hydrogens is 207 g/mol. The van der Waals surface area contributed by atoms with Crippen LogP contribution in [0.4, 0.5) is 4.70 Å². The molecule has 0 fully saturated rings. The van der Waals surface area contributed by atoms with Gasteiger partial charge in [-0.2, -0.15) is 0 Å². The van der Waals surface area contributed by atoms with Gasteiger partial charge in [-0.1, -0.05) is 39.5 Å². The van der Waals surface area contributed by atoms with Gasteiger partial charge in [0.05, 0.1) is 0 Å². The first-order chi connectivity index (χ1) is 7.26. The molecule has 0 heterocycles. The van der Waals surface area contributed by atoms with Gasteiger partial charge in [-0.3, -0.25) is 9.50 Å². The van der Waals surface area contributed by atoms with Crippen LogP contribution in [0.2, 0.25) is 0 Å². The highest BCUT2D eigenvalue weighted by molar-refractivity contribution is 5.78. The number of carbonyl (C=O) groups is 1. The van der Waals surface area contributed by atoms with E-state index in [0.717, 1.165) is 12.8 Å². The molecule has 0 saturated heterocycles. The van der Waals surface area contributed by atoms with Crippen molar-refractivity contribution in [3.63, 3.8) is 0 Å². The summed E-state index contributed by atoms with van der Waals surface area (Å²) in [7, 11) is 0. The quantitative estimate of drug-likeness (QED) is 0.601. The van der Waals surface area contributed by atoms with E-state index in [1.54, 1.807) is 0 Å². The zero-order valence-corrected chi connectivity index (χ0v) is 10.6. The molecule has 4 heteroatoms. The van der Waals surface area contributed by atoms with Crippen molar-refractivity contribution in [1.29, 1.82) is 0 Å². The molecule has 1 atom stereocenters. The summed E-state index contributed by atoms with van der Waals surface area (Å²) in [5.41, 5.74) is 5.34. The van der Waals surface area contributed by atoms with Crippen molar-refractivity contribution in [3.8, 4) is 0 Å². The second kappa shape index (κ2) is 12.4. The summed E-state index contributed by atoms with van der Waals surface area (Å²) in [6, 6.07) is 0. The zero-order valence-electron chi connectivity index (χ0n) is 10.6. The Labute approximate surface area is 98.5 Å². The van der Waals surface area contributed by atoms with Crippen LogP contribution in [0.25, 0.3) is 0 Å². The van der Waals surface area contributed by atoms with Crippen LogP contribution in [0.15, 0.2) is 0 Å². The van der Waals surface area contributed by atoms with Gasteiger partial charge < -0.3 is 11.1 Å². The van der Waals surface area contributed by atoms with Gasteiger partial charge >= 0.3 is 0 Å². The smallest absolute Gasteiger partial charge is 0.223 e. The Bertz CT molecular complexity index is 165. The number of hydrogen-bond donors (Lipinski definition) is 2. The summed E-state index contributed by atoms with van der Waals surface area (Å²) in [5.74, 6) is 0.368. The molecule has 0 rings (SSSR count). The molecule has 0 aromatic rings. The number of rotatable bonds is 9. The molecule has 3 nitrogen and oxygen atoms in total. The lowest BCUT2D eigenvalue weighted by Crippen LogP contribution is -2.34. The van der Waals surface area contributed by atoms with Crippen molar-refractivity contribution in [2.45, 2.75) is 52.4 Å². The van der Waals surface area contributed by atoms with Crippen LogP contribution in [0.3, 0.4) is 0 Å². The SMILES string of the molecule is CCCCCCC(CC)C(=O)NCCN.F. The lowest BCUT2D eigenvalue weighted by atomic mass is 9.97. The van der Waals surface area contributed by atoms with E-state index in [2.05, 4.69) is 19.2 Å². The maximum atomic E-state index is 11.6. The highest BCUT2D eigenvalue weighted by Gasteiger charge is 2.14. The minimum Gasteiger partial charge on any atom is -0.355 e. The lowest BCUT2D eigenvalue weighted by Gasteiger charge is -2.14. The largest absolute Gasteiger partial charge is 0.355 e. The van der Waals surface area contributed by atoms with Crippen molar-refractivity contribution >= 4 is 5.91 Å². The third-order valence-corrected chi connectivity index (χ3v) is 2.71. The molecule has 0 aliphatic rings. The molecule has 16 heavy (non-hydrogen) atoms. The van der Waals surface area contributed by atoms with Crippen LogP contribution in [-0.4, -0.2) is 19.0 Å². The summed E-state index contributed by atoms with van der Waals surface area (Å²) < 4.78 is 0. The molecule has 0 aromatic heterocycles. The van der Waals surface area contributed by atoms with Crippen molar-refractivity contribution in [2.24, 2.45) is 11.7 Å². The predicted octanol–water partition coefficient (Wildman–Crippen LogP) is 2.21. The van der Waals surface area contributed by atoms with Crippen molar-refractivity contribution in [3.05, 3.63) is 0 Å². The normalized spacial score (nSPS) is 11.7. The molecule has 1 unspecified atom stereocenters. The molecule has 98 valence electrons. The Kier molecular flexibility index (Phi) is 13.8. The summed E-state index contributed by atoms with van der Waals surface area (Å²) >= 11 is 0. The lowest BCUT2D eigenvalue weighted by molar-refractivity contribution is -0.125. The topological polar surface area (TPSA) is 55.1 Å². The van der Waals surface area contributed by atoms with Gasteiger partial charge in [0, 0.05) is 19.0 Å². The molecule has 0 bridgehead atoms. The Morgan fingerprint density at radius 2 is 1.94 bits per heavy atom. The van der Waals surface area contributed by atoms with E-state index in [9.17, 15) is 4.79 Å². The molecule has 1 amide bonds. The van der Waals surface area contributed by atoms with E-state index < -0.39 is 0 Å². The maximum absolute atomic E-state index is 11.6. The van der Waals surface area contributed by atoms with E-state index >= 15 is 0 Å². The molecule has 0 aliphatic heterocycles. The summed E-state index contributed by atoms with van der Waals surface area (Å²) in [6.07, 6.45) is 6.89. The summed E-state index contributed by atoms with van der Waals surface area (Å²) in [5, 5.41) is 2.86. The van der Waals surface area contributed by atoms with Gasteiger partial charge in [-0.25, -0.2) is 0 Å². The van der Waals surface area contributed by atoms with Gasteiger partial charge in [0.1, 0.15) is 0 Å². The standard InChI is InChI=1S/C12H26N2O.FH/c1-3-5-6-7-8-11(4-2)12(15)14-10-9-13;/h11H,3-10,13H2,1-2H3,(H,14,15);1H. The van der Waals surface area contributed by atoms with Crippen LogP contribution in [0.5, 0.6) is 0 Å². The van der Waals surface area contributed by atoms with Crippen LogP contribution >= 0.6 is 0 Å². The van der Waals surface area contributed by atoms with Crippen LogP contribution in [-0.2, 0) is 4.79 Å². The predicted molar refractivity (Wildman–Crippen MR) is 67.1 cm³/mol. The maximum Gasteiger partial charge on any atom is 0.223 e. The molecule has 3 N–H and O–H groups in total. The average Bonchev–Trinajstić information content (AvgIpc) is 2.26. The van der Waals surface area contributed by atoms with Crippen LogP contribution in [0.1, 0.15) is 52.4 Å². The molecular formula is C12H27FN2O. The van der Waals surface area contributed by atoms with Crippen molar-refractivity contribution in [2.75, 3.05) is 13.1 Å². The Balaban J connectivity index is 0. The fourth-order valence-electron chi connectivity index (χ4n) is 1.68. The first kappa shape index (κ1) is 17.7. The number of hydrogen-bond acceptors (Lipinski definition) is 2. The molecule has 0 radical (unpaired) electrons. The first-order valence-electron chi connectivity index (χ1n) is 6.24. The fraction of sp³-hybridized carbons (Fsp3) is 0.917. The van der Waals surface area contributed by atoms with Gasteiger partial charge in [0.2, 0.25) is 5.91 Å². The van der Waals surface area contributed by atoms with Gasteiger partial charge in [0.15, 0.2) is 0 Å². The van der Waals surface area contributed by atoms with Gasteiger partial charge in [-0.15, -0.1) is 0 Å². The number of halogens is 1. The fourth-order valence-corrected chi connectivity index (χ4v) is 1.68. The Morgan fingerprint density at radius 3 is 2.44 bits per heavy atom. The number of amides is 1. The Morgan fingerprint density at radius 1 is 1.25 bits per heavy atom.